The fraction of sp³-hybridized carbons (Fsp3) is 0. The summed E-state index contributed by atoms with van der Waals surface area (Å²) in [6.45, 7) is 0. The molecule has 0 bridgehead atoms. The Kier molecular flexibility index (Phi) is 2.67. The molecule has 0 saturated heterocycles. The van der Waals surface area contributed by atoms with Crippen molar-refractivity contribution in [2.45, 2.75) is 0 Å². The number of pyridine rings is 2. The topological polar surface area (TPSA) is 65.8 Å². The maximum atomic E-state index is 4.30. The highest BCUT2D eigenvalue weighted by molar-refractivity contribution is 6.12. The molecule has 0 amide bonds. The number of nitrogens with zero attached hydrogens (tertiary/aromatic N) is 5. The summed E-state index contributed by atoms with van der Waals surface area (Å²) in [6, 6.07) is 7.55. The van der Waals surface area contributed by atoms with Gasteiger partial charge in [-0.05, 0) is 24.3 Å². The molecule has 6 heteroatoms. The van der Waals surface area contributed by atoms with Crippen LogP contribution in [-0.4, -0.2) is 22.1 Å². The highest BCUT2D eigenvalue weighted by atomic mass is 15.7. The van der Waals surface area contributed by atoms with Gasteiger partial charge in [-0.15, -0.1) is 5.10 Å². The number of hydrogen-bond acceptors (Lipinski definition) is 6. The lowest BCUT2D eigenvalue weighted by atomic mass is 10.2. The Bertz CT molecular complexity index is 578. The van der Waals surface area contributed by atoms with E-state index in [9.17, 15) is 0 Å². The van der Waals surface area contributed by atoms with Crippen LogP contribution in [0.1, 0.15) is 5.56 Å². The first kappa shape index (κ1) is 10.4. The van der Waals surface area contributed by atoms with Crippen LogP contribution in [0.3, 0.4) is 0 Å². The quantitative estimate of drug-likeness (QED) is 0.853. The molecule has 3 rings (SSSR count). The van der Waals surface area contributed by atoms with Gasteiger partial charge in [0, 0.05) is 30.4 Å². The van der Waals surface area contributed by atoms with Crippen LogP contribution >= 0.6 is 0 Å². The van der Waals surface area contributed by atoms with Crippen LogP contribution in [0.15, 0.2) is 59.1 Å². The Labute approximate surface area is 104 Å². The van der Waals surface area contributed by atoms with Gasteiger partial charge in [-0.1, -0.05) is 0 Å². The normalized spacial score (nSPS) is 14.0. The maximum Gasteiger partial charge on any atom is 0.162 e. The molecule has 0 saturated carbocycles. The second kappa shape index (κ2) is 4.62. The van der Waals surface area contributed by atoms with E-state index in [0.717, 1.165) is 17.1 Å². The lowest BCUT2D eigenvalue weighted by Crippen LogP contribution is -2.42. The summed E-state index contributed by atoms with van der Waals surface area (Å²) in [5.74, 6) is 0.763. The molecule has 0 unspecified atom stereocenters. The monoisotopic (exact) mass is 238 g/mol. The molecule has 0 radical (unpaired) electrons. The van der Waals surface area contributed by atoms with Gasteiger partial charge >= 0.3 is 0 Å². The Hall–Kier alpha value is -2.76. The molecular weight excluding hydrogens is 228 g/mol. The number of anilines is 1. The Balaban J connectivity index is 2.01. The van der Waals surface area contributed by atoms with E-state index in [4.69, 9.17) is 0 Å². The van der Waals surface area contributed by atoms with Crippen molar-refractivity contribution in [3.63, 3.8) is 0 Å². The number of hydrazone groups is 1. The third kappa shape index (κ3) is 1.91. The molecule has 2 aromatic heterocycles. The first-order valence-electron chi connectivity index (χ1n) is 5.41. The number of hydrogen-bond donors (Lipinski definition) is 1. The van der Waals surface area contributed by atoms with Crippen molar-refractivity contribution in [3.05, 3.63) is 54.6 Å². The van der Waals surface area contributed by atoms with Gasteiger partial charge in [-0.2, -0.15) is 0 Å². The molecule has 0 aliphatic carbocycles. The minimum Gasteiger partial charge on any atom is -0.265 e. The Morgan fingerprint density at radius 2 is 1.56 bits per heavy atom. The van der Waals surface area contributed by atoms with Gasteiger partial charge in [-0.3, -0.25) is 9.97 Å². The molecule has 0 aromatic carbocycles. The van der Waals surface area contributed by atoms with Crippen molar-refractivity contribution < 1.29 is 0 Å². The zero-order valence-corrected chi connectivity index (χ0v) is 9.43. The SMILES string of the molecule is C1=NNN(c2ccncc2)C(c2ccncc2)=N1. The highest BCUT2D eigenvalue weighted by Gasteiger charge is 2.16. The third-order valence-electron chi connectivity index (χ3n) is 2.47. The average molecular weight is 238 g/mol. The van der Waals surface area contributed by atoms with E-state index in [1.807, 2.05) is 24.3 Å². The Morgan fingerprint density at radius 1 is 0.889 bits per heavy atom. The van der Waals surface area contributed by atoms with Crippen LogP contribution in [0.4, 0.5) is 5.69 Å². The number of amidine groups is 1. The molecule has 3 heterocycles. The summed E-state index contributed by atoms with van der Waals surface area (Å²) in [6.07, 6.45) is 8.38. The van der Waals surface area contributed by atoms with Crippen molar-refractivity contribution in [1.29, 1.82) is 0 Å². The zero-order valence-electron chi connectivity index (χ0n) is 9.43. The van der Waals surface area contributed by atoms with Crippen LogP contribution in [-0.2, 0) is 0 Å². The van der Waals surface area contributed by atoms with Crippen LogP contribution in [0, 0.1) is 0 Å². The molecule has 18 heavy (non-hydrogen) atoms. The van der Waals surface area contributed by atoms with Crippen LogP contribution < -0.4 is 10.5 Å². The van der Waals surface area contributed by atoms with Gasteiger partial charge in [-0.25, -0.2) is 15.5 Å². The van der Waals surface area contributed by atoms with E-state index in [1.54, 1.807) is 29.8 Å². The van der Waals surface area contributed by atoms with Gasteiger partial charge < -0.3 is 0 Å². The van der Waals surface area contributed by atoms with Crippen molar-refractivity contribution >= 4 is 17.9 Å². The van der Waals surface area contributed by atoms with Crippen LogP contribution in [0.2, 0.25) is 0 Å². The first-order valence-corrected chi connectivity index (χ1v) is 5.41. The number of aromatic nitrogens is 2. The lowest BCUT2D eigenvalue weighted by Gasteiger charge is -2.26. The summed E-state index contributed by atoms with van der Waals surface area (Å²) in [7, 11) is 0. The van der Waals surface area contributed by atoms with E-state index in [0.29, 0.717) is 0 Å². The van der Waals surface area contributed by atoms with Gasteiger partial charge in [0.1, 0.15) is 6.34 Å². The second-order valence-electron chi connectivity index (χ2n) is 3.57. The standard InChI is InChI=1S/C12H10N6/c1-5-13-6-2-10(1)12-15-9-16-17-18(12)11-3-7-14-8-4-11/h1-9,17H. The first-order chi connectivity index (χ1) is 8.95. The smallest absolute Gasteiger partial charge is 0.162 e. The minimum atomic E-state index is 0.763. The molecule has 6 nitrogen and oxygen atoms in total. The van der Waals surface area contributed by atoms with E-state index < -0.39 is 0 Å². The van der Waals surface area contributed by atoms with Gasteiger partial charge in [0.15, 0.2) is 5.84 Å². The van der Waals surface area contributed by atoms with E-state index >= 15 is 0 Å². The molecule has 1 aliphatic rings. The average Bonchev–Trinajstić information content (AvgIpc) is 2.49. The van der Waals surface area contributed by atoms with Gasteiger partial charge in [0.2, 0.25) is 0 Å². The third-order valence-corrected chi connectivity index (χ3v) is 2.47. The van der Waals surface area contributed by atoms with Crippen molar-refractivity contribution in [2.75, 3.05) is 5.01 Å². The number of hydrazine groups is 1. The molecule has 1 aliphatic heterocycles. The highest BCUT2D eigenvalue weighted by Crippen LogP contribution is 2.15. The summed E-state index contributed by atoms with van der Waals surface area (Å²) in [5, 5.41) is 5.73. The molecule has 0 fully saturated rings. The van der Waals surface area contributed by atoms with E-state index in [1.165, 1.54) is 6.34 Å². The van der Waals surface area contributed by atoms with Crippen molar-refractivity contribution in [2.24, 2.45) is 10.1 Å². The summed E-state index contributed by atoms with van der Waals surface area (Å²) in [5.41, 5.74) is 4.78. The minimum absolute atomic E-state index is 0.763. The fourth-order valence-electron chi connectivity index (χ4n) is 1.65. The number of aliphatic imine (C=N–C) groups is 1. The van der Waals surface area contributed by atoms with Crippen LogP contribution in [0.25, 0.3) is 0 Å². The lowest BCUT2D eigenvalue weighted by molar-refractivity contribution is 0.770. The van der Waals surface area contributed by atoms with Crippen molar-refractivity contribution in [3.8, 4) is 0 Å². The summed E-state index contributed by atoms with van der Waals surface area (Å²) >= 11 is 0. The van der Waals surface area contributed by atoms with Crippen LogP contribution in [0.5, 0.6) is 0 Å². The van der Waals surface area contributed by atoms with E-state index in [-0.39, 0.29) is 0 Å². The molecule has 88 valence electrons. The second-order valence-corrected chi connectivity index (χ2v) is 3.57. The Morgan fingerprint density at radius 3 is 2.28 bits per heavy atom. The summed E-state index contributed by atoms with van der Waals surface area (Å²) < 4.78 is 0. The predicted octanol–water partition coefficient (Wildman–Crippen LogP) is 1.19. The molecule has 0 atom stereocenters. The number of nitrogens with one attached hydrogen (secondary N) is 1. The molecule has 1 N–H and O–H groups in total. The fourth-order valence-corrected chi connectivity index (χ4v) is 1.65. The van der Waals surface area contributed by atoms with Crippen molar-refractivity contribution in [1.82, 2.24) is 15.5 Å². The number of rotatable bonds is 2. The van der Waals surface area contributed by atoms with Gasteiger partial charge in [0.25, 0.3) is 0 Å². The maximum absolute atomic E-state index is 4.30. The predicted molar refractivity (Wildman–Crippen MR) is 69.1 cm³/mol. The zero-order chi connectivity index (χ0) is 12.2. The summed E-state index contributed by atoms with van der Waals surface area (Å²) in [4.78, 5) is 12.3. The molecular formula is C12H10N6. The molecule has 0 spiro atoms. The largest absolute Gasteiger partial charge is 0.265 e. The van der Waals surface area contributed by atoms with E-state index in [2.05, 4.69) is 25.6 Å². The van der Waals surface area contributed by atoms with Gasteiger partial charge in [0.05, 0.1) is 5.69 Å². The molecule has 2 aromatic rings.